The molecule has 1 aliphatic heterocycles. The molecule has 8 heteroatoms. The average molecular weight is 403 g/mol. The monoisotopic (exact) mass is 401 g/mol. The summed E-state index contributed by atoms with van der Waals surface area (Å²) in [4.78, 5) is 1.95. The largest absolute Gasteiger partial charge is 0.314 e. The van der Waals surface area contributed by atoms with Crippen LogP contribution in [0.1, 0.15) is 18.0 Å². The van der Waals surface area contributed by atoms with Crippen LogP contribution in [0.3, 0.4) is 0 Å². The Morgan fingerprint density at radius 3 is 2.48 bits per heavy atom. The molecular formula is C13H16BrCl2F2N3. The van der Waals surface area contributed by atoms with E-state index >= 15 is 0 Å². The smallest absolute Gasteiger partial charge is 0.145 e. The summed E-state index contributed by atoms with van der Waals surface area (Å²) in [6, 6.07) is 4.06. The Morgan fingerprint density at radius 1 is 1.29 bits per heavy atom. The van der Waals surface area contributed by atoms with Gasteiger partial charge in [-0.05, 0) is 28.1 Å². The quantitative estimate of drug-likeness (QED) is 0.787. The molecule has 0 saturated carbocycles. The van der Waals surface area contributed by atoms with Gasteiger partial charge in [-0.1, -0.05) is 0 Å². The third-order valence-corrected chi connectivity index (χ3v) is 3.90. The van der Waals surface area contributed by atoms with Crippen molar-refractivity contribution in [1.82, 2.24) is 10.2 Å². The standard InChI is InChI=1S/C13H14BrF2N3.2ClH/c14-9-1-2-10(15)12(13(9)16)11(3-4-17)19-7-5-18-6-8-19;;/h1-2,11,18H,3,5-8H2;2*1H/t11-;;/m0../s1. The number of nitriles is 1. The number of halogens is 5. The van der Waals surface area contributed by atoms with Gasteiger partial charge in [0.1, 0.15) is 11.6 Å². The zero-order valence-electron chi connectivity index (χ0n) is 11.1. The van der Waals surface area contributed by atoms with Gasteiger partial charge in [-0.2, -0.15) is 5.26 Å². The van der Waals surface area contributed by atoms with Crippen molar-refractivity contribution in [2.45, 2.75) is 12.5 Å². The third kappa shape index (κ3) is 4.76. The SMILES string of the molecule is Cl.Cl.N#CC[C@@H](c1c(F)ccc(Br)c1F)N1CCNCC1. The van der Waals surface area contributed by atoms with Gasteiger partial charge < -0.3 is 5.32 Å². The van der Waals surface area contributed by atoms with Crippen molar-refractivity contribution in [3.8, 4) is 6.07 Å². The molecule has 1 N–H and O–H groups in total. The van der Waals surface area contributed by atoms with E-state index in [0.29, 0.717) is 13.1 Å². The van der Waals surface area contributed by atoms with Crippen molar-refractivity contribution < 1.29 is 8.78 Å². The van der Waals surface area contributed by atoms with Gasteiger partial charge >= 0.3 is 0 Å². The van der Waals surface area contributed by atoms with Crippen molar-refractivity contribution in [2.75, 3.05) is 26.2 Å². The van der Waals surface area contributed by atoms with Crippen LogP contribution in [0.4, 0.5) is 8.78 Å². The highest BCUT2D eigenvalue weighted by molar-refractivity contribution is 9.10. The summed E-state index contributed by atoms with van der Waals surface area (Å²) in [7, 11) is 0. The Hall–Kier alpha value is -0.450. The second kappa shape index (κ2) is 9.54. The van der Waals surface area contributed by atoms with Crippen LogP contribution in [-0.4, -0.2) is 31.1 Å². The predicted octanol–water partition coefficient (Wildman–Crippen LogP) is 3.43. The van der Waals surface area contributed by atoms with E-state index in [1.165, 1.54) is 12.1 Å². The molecule has 1 aliphatic rings. The molecule has 0 radical (unpaired) electrons. The van der Waals surface area contributed by atoms with Gasteiger partial charge in [-0.15, -0.1) is 24.8 Å². The van der Waals surface area contributed by atoms with Gasteiger partial charge in [-0.25, -0.2) is 8.78 Å². The second-order valence-electron chi connectivity index (χ2n) is 4.42. The van der Waals surface area contributed by atoms with E-state index < -0.39 is 17.7 Å². The maximum atomic E-state index is 14.2. The Bertz CT molecular complexity index is 505. The molecule has 0 amide bonds. The lowest BCUT2D eigenvalue weighted by atomic mass is 10.0. The summed E-state index contributed by atoms with van der Waals surface area (Å²) >= 11 is 3.07. The third-order valence-electron chi connectivity index (χ3n) is 3.29. The molecule has 3 nitrogen and oxygen atoms in total. The van der Waals surface area contributed by atoms with Crippen LogP contribution < -0.4 is 5.32 Å². The van der Waals surface area contributed by atoms with Crippen molar-refractivity contribution in [3.05, 3.63) is 33.8 Å². The van der Waals surface area contributed by atoms with E-state index in [1.54, 1.807) is 0 Å². The van der Waals surface area contributed by atoms with Crippen molar-refractivity contribution >= 4 is 40.7 Å². The minimum Gasteiger partial charge on any atom is -0.314 e. The molecule has 2 rings (SSSR count). The molecule has 0 aromatic heterocycles. The number of benzene rings is 1. The van der Waals surface area contributed by atoms with Gasteiger partial charge in [0.15, 0.2) is 0 Å². The molecule has 0 spiro atoms. The summed E-state index contributed by atoms with van der Waals surface area (Å²) in [6.07, 6.45) is 0.0737. The highest BCUT2D eigenvalue weighted by Gasteiger charge is 2.28. The zero-order chi connectivity index (χ0) is 13.8. The molecule has 1 aromatic rings. The number of nitrogens with zero attached hydrogens (tertiary/aromatic N) is 2. The van der Waals surface area contributed by atoms with Gasteiger partial charge in [0.25, 0.3) is 0 Å². The molecule has 0 unspecified atom stereocenters. The highest BCUT2D eigenvalue weighted by atomic mass is 79.9. The molecule has 1 fully saturated rings. The summed E-state index contributed by atoms with van der Waals surface area (Å²) in [5.41, 5.74) is -0.0159. The lowest BCUT2D eigenvalue weighted by Gasteiger charge is -2.34. The van der Waals surface area contributed by atoms with Gasteiger partial charge in [0.2, 0.25) is 0 Å². The molecule has 1 heterocycles. The minimum absolute atomic E-state index is 0. The summed E-state index contributed by atoms with van der Waals surface area (Å²) in [6.45, 7) is 2.88. The molecule has 21 heavy (non-hydrogen) atoms. The van der Waals surface area contributed by atoms with Gasteiger partial charge in [0, 0.05) is 31.7 Å². The summed E-state index contributed by atoms with van der Waals surface area (Å²) < 4.78 is 28.3. The van der Waals surface area contributed by atoms with Crippen molar-refractivity contribution in [3.63, 3.8) is 0 Å². The first-order valence-electron chi connectivity index (χ1n) is 6.10. The Kier molecular flexibility index (Phi) is 9.34. The van der Waals surface area contributed by atoms with Crippen LogP contribution in [0.25, 0.3) is 0 Å². The molecule has 118 valence electrons. The van der Waals surface area contributed by atoms with Crippen LogP contribution in [0, 0.1) is 23.0 Å². The van der Waals surface area contributed by atoms with E-state index in [0.717, 1.165) is 13.1 Å². The van der Waals surface area contributed by atoms with Crippen LogP contribution in [-0.2, 0) is 0 Å². The van der Waals surface area contributed by atoms with Gasteiger partial charge in [-0.3, -0.25) is 4.90 Å². The molecular weight excluding hydrogens is 387 g/mol. The topological polar surface area (TPSA) is 39.1 Å². The average Bonchev–Trinajstić information content (AvgIpc) is 2.43. The van der Waals surface area contributed by atoms with Crippen LogP contribution >= 0.6 is 40.7 Å². The van der Waals surface area contributed by atoms with Crippen molar-refractivity contribution in [1.29, 1.82) is 5.26 Å². The van der Waals surface area contributed by atoms with Crippen molar-refractivity contribution in [2.24, 2.45) is 0 Å². The number of piperazine rings is 1. The molecule has 1 aromatic carbocycles. The van der Waals surface area contributed by atoms with E-state index in [-0.39, 0.29) is 41.3 Å². The maximum absolute atomic E-state index is 14.2. The molecule has 1 atom stereocenters. The second-order valence-corrected chi connectivity index (χ2v) is 5.28. The fourth-order valence-electron chi connectivity index (χ4n) is 2.34. The maximum Gasteiger partial charge on any atom is 0.145 e. The van der Waals surface area contributed by atoms with Crippen LogP contribution in [0.2, 0.25) is 0 Å². The Labute approximate surface area is 143 Å². The lowest BCUT2D eigenvalue weighted by Crippen LogP contribution is -2.45. The lowest BCUT2D eigenvalue weighted by molar-refractivity contribution is 0.169. The molecule has 0 bridgehead atoms. The summed E-state index contributed by atoms with van der Waals surface area (Å²) in [5, 5.41) is 12.1. The van der Waals surface area contributed by atoms with E-state index in [2.05, 4.69) is 21.2 Å². The molecule has 0 aliphatic carbocycles. The Balaban J connectivity index is 0.00000200. The van der Waals surface area contributed by atoms with Crippen LogP contribution in [0.5, 0.6) is 0 Å². The zero-order valence-corrected chi connectivity index (χ0v) is 14.3. The fourth-order valence-corrected chi connectivity index (χ4v) is 2.69. The fraction of sp³-hybridized carbons (Fsp3) is 0.462. The minimum atomic E-state index is -0.612. The number of hydrogen-bond donors (Lipinski definition) is 1. The molecule has 1 saturated heterocycles. The number of rotatable bonds is 3. The first-order valence-corrected chi connectivity index (χ1v) is 6.89. The number of hydrogen-bond acceptors (Lipinski definition) is 3. The normalized spacial score (nSPS) is 16.3. The van der Waals surface area contributed by atoms with E-state index in [4.69, 9.17) is 5.26 Å². The Morgan fingerprint density at radius 2 is 1.90 bits per heavy atom. The number of nitrogens with one attached hydrogen (secondary N) is 1. The van der Waals surface area contributed by atoms with E-state index in [1.807, 2.05) is 11.0 Å². The van der Waals surface area contributed by atoms with Crippen LogP contribution in [0.15, 0.2) is 16.6 Å². The van der Waals surface area contributed by atoms with E-state index in [9.17, 15) is 8.78 Å². The summed E-state index contributed by atoms with van der Waals surface area (Å²) in [5.74, 6) is -1.21. The highest BCUT2D eigenvalue weighted by Crippen LogP contribution is 2.32. The van der Waals surface area contributed by atoms with Gasteiger partial charge in [0.05, 0.1) is 23.0 Å². The first-order chi connectivity index (χ1) is 9.15. The first kappa shape index (κ1) is 20.6. The predicted molar refractivity (Wildman–Crippen MR) is 86.0 cm³/mol.